The van der Waals surface area contributed by atoms with E-state index in [1.807, 2.05) is 11.3 Å². The quantitative estimate of drug-likeness (QED) is 0.286. The molecule has 6 aromatic rings. The summed E-state index contributed by atoms with van der Waals surface area (Å²) in [5.41, 5.74) is 6.82. The third-order valence-electron chi connectivity index (χ3n) is 6.53. The molecular weight excluding hydrogens is 382 g/mol. The lowest BCUT2D eigenvalue weighted by atomic mass is 9.89. The van der Waals surface area contributed by atoms with Crippen molar-refractivity contribution in [2.24, 2.45) is 0 Å². The summed E-state index contributed by atoms with van der Waals surface area (Å²) in [5.74, 6) is 0. The Morgan fingerprint density at radius 2 is 1.37 bits per heavy atom. The van der Waals surface area contributed by atoms with Gasteiger partial charge in [-0.2, -0.15) is 0 Å². The molecule has 142 valence electrons. The Kier molecular flexibility index (Phi) is 3.33. The van der Waals surface area contributed by atoms with Crippen LogP contribution >= 0.6 is 11.3 Å². The van der Waals surface area contributed by atoms with Crippen LogP contribution in [0.1, 0.15) is 23.2 Å². The summed E-state index contributed by atoms with van der Waals surface area (Å²) < 4.78 is 2.74. The molecule has 30 heavy (non-hydrogen) atoms. The van der Waals surface area contributed by atoms with E-state index in [9.17, 15) is 0 Å². The lowest BCUT2D eigenvalue weighted by Gasteiger charge is -2.14. The molecule has 2 heteroatoms. The molecule has 0 bridgehead atoms. The van der Waals surface area contributed by atoms with Crippen LogP contribution < -0.4 is 0 Å². The Balaban J connectivity index is 1.63. The van der Waals surface area contributed by atoms with Gasteiger partial charge < -0.3 is 4.98 Å². The van der Waals surface area contributed by atoms with Crippen LogP contribution in [0.25, 0.3) is 53.5 Å². The summed E-state index contributed by atoms with van der Waals surface area (Å²) in [5, 5.41) is 6.92. The zero-order valence-corrected chi connectivity index (χ0v) is 17.2. The lowest BCUT2D eigenvalue weighted by Crippen LogP contribution is -1.97. The van der Waals surface area contributed by atoms with Crippen molar-refractivity contribution in [1.29, 1.82) is 0 Å². The number of allylic oxidation sites excluding steroid dienone is 1. The molecule has 1 nitrogen and oxygen atoms in total. The van der Waals surface area contributed by atoms with Crippen molar-refractivity contribution in [2.45, 2.75) is 12.8 Å². The van der Waals surface area contributed by atoms with Crippen LogP contribution in [0.3, 0.4) is 0 Å². The fraction of sp³-hybridized carbons (Fsp3) is 0.0714. The number of H-pyrrole nitrogens is 1. The molecule has 1 N–H and O–H groups in total. The minimum Gasteiger partial charge on any atom is -0.354 e. The minimum absolute atomic E-state index is 1.08. The number of hydrogen-bond donors (Lipinski definition) is 1. The van der Waals surface area contributed by atoms with Gasteiger partial charge >= 0.3 is 0 Å². The Bertz CT molecular complexity index is 1630. The molecule has 0 fully saturated rings. The highest BCUT2D eigenvalue weighted by Gasteiger charge is 2.22. The summed E-state index contributed by atoms with van der Waals surface area (Å²) in [6, 6.07) is 28.5. The SMILES string of the molecule is C1=C(c2ccccc2)CCc2c1[nH]c1c3sc4ccccc4c3c3ccccc3c21. The van der Waals surface area contributed by atoms with Crippen molar-refractivity contribution < 1.29 is 0 Å². The molecule has 4 aromatic carbocycles. The van der Waals surface area contributed by atoms with Crippen molar-refractivity contribution in [3.8, 4) is 0 Å². The number of rotatable bonds is 1. The van der Waals surface area contributed by atoms with Crippen LogP contribution in [0.5, 0.6) is 0 Å². The van der Waals surface area contributed by atoms with E-state index in [1.165, 1.54) is 64.2 Å². The van der Waals surface area contributed by atoms with E-state index >= 15 is 0 Å². The zero-order chi connectivity index (χ0) is 19.7. The Hall–Kier alpha value is -3.36. The number of fused-ring (bicyclic) bond motifs is 10. The molecule has 0 spiro atoms. The first-order chi connectivity index (χ1) is 14.9. The van der Waals surface area contributed by atoms with Gasteiger partial charge in [0.15, 0.2) is 0 Å². The number of benzene rings is 4. The van der Waals surface area contributed by atoms with Crippen LogP contribution in [-0.4, -0.2) is 4.98 Å². The average molecular weight is 402 g/mol. The van der Waals surface area contributed by atoms with Gasteiger partial charge in [0.1, 0.15) is 0 Å². The fourth-order valence-electron chi connectivity index (χ4n) is 5.20. The second-order valence-corrected chi connectivity index (χ2v) is 9.20. The molecule has 0 saturated heterocycles. The average Bonchev–Trinajstić information content (AvgIpc) is 3.38. The molecule has 7 rings (SSSR count). The first-order valence-corrected chi connectivity index (χ1v) is 11.3. The summed E-state index contributed by atoms with van der Waals surface area (Å²) in [6.45, 7) is 0. The van der Waals surface area contributed by atoms with Crippen molar-refractivity contribution in [3.05, 3.63) is 95.7 Å². The minimum atomic E-state index is 1.08. The van der Waals surface area contributed by atoms with E-state index in [1.54, 1.807) is 0 Å². The number of nitrogens with one attached hydrogen (secondary N) is 1. The van der Waals surface area contributed by atoms with E-state index in [0.29, 0.717) is 0 Å². The maximum absolute atomic E-state index is 3.85. The summed E-state index contributed by atoms with van der Waals surface area (Å²) in [7, 11) is 0. The van der Waals surface area contributed by atoms with E-state index in [4.69, 9.17) is 0 Å². The monoisotopic (exact) mass is 401 g/mol. The highest BCUT2D eigenvalue weighted by molar-refractivity contribution is 7.26. The topological polar surface area (TPSA) is 15.8 Å². The largest absolute Gasteiger partial charge is 0.354 e. The van der Waals surface area contributed by atoms with Gasteiger partial charge in [-0.25, -0.2) is 0 Å². The first-order valence-electron chi connectivity index (χ1n) is 10.5. The number of thiophene rings is 1. The summed E-state index contributed by atoms with van der Waals surface area (Å²) >= 11 is 1.91. The maximum atomic E-state index is 3.85. The van der Waals surface area contributed by atoms with Gasteiger partial charge in [-0.05, 0) is 52.5 Å². The third-order valence-corrected chi connectivity index (χ3v) is 7.72. The van der Waals surface area contributed by atoms with Gasteiger partial charge in [0.25, 0.3) is 0 Å². The normalized spacial score (nSPS) is 13.9. The highest BCUT2D eigenvalue weighted by Crippen LogP contribution is 2.46. The van der Waals surface area contributed by atoms with E-state index < -0.39 is 0 Å². The molecule has 0 atom stereocenters. The number of aryl methyl sites for hydroxylation is 1. The first kappa shape index (κ1) is 16.4. The molecule has 0 unspecified atom stereocenters. The molecular formula is C28H19NS. The van der Waals surface area contributed by atoms with Crippen molar-refractivity contribution in [3.63, 3.8) is 0 Å². The Morgan fingerprint density at radius 3 is 2.20 bits per heavy atom. The van der Waals surface area contributed by atoms with E-state index in [-0.39, 0.29) is 0 Å². The van der Waals surface area contributed by atoms with Crippen molar-refractivity contribution >= 4 is 64.8 Å². The Labute approximate surface area is 178 Å². The van der Waals surface area contributed by atoms with Gasteiger partial charge in [0.2, 0.25) is 0 Å². The van der Waals surface area contributed by atoms with Crippen molar-refractivity contribution in [1.82, 2.24) is 4.98 Å². The number of aromatic nitrogens is 1. The van der Waals surface area contributed by atoms with Crippen LogP contribution in [0, 0.1) is 0 Å². The maximum Gasteiger partial charge on any atom is 0.0649 e. The molecule has 1 aliphatic carbocycles. The predicted molar refractivity (Wildman–Crippen MR) is 131 cm³/mol. The molecule has 2 aromatic heterocycles. The second kappa shape index (κ2) is 6.07. The third kappa shape index (κ3) is 2.17. The van der Waals surface area contributed by atoms with Crippen LogP contribution in [0.4, 0.5) is 0 Å². The van der Waals surface area contributed by atoms with Gasteiger partial charge in [-0.1, -0.05) is 72.8 Å². The van der Waals surface area contributed by atoms with Gasteiger partial charge in [0.05, 0.1) is 10.2 Å². The standard InChI is InChI=1S/C28H19NS/c1-2-8-17(9-3-1)18-14-15-21-23(16-18)29-27-25(21)19-10-4-5-11-20(19)26-22-12-6-7-13-24(22)30-28(26)27/h1-13,16,29H,14-15H2. The van der Waals surface area contributed by atoms with E-state index in [0.717, 1.165) is 12.8 Å². The molecule has 0 saturated carbocycles. The van der Waals surface area contributed by atoms with Crippen LogP contribution in [0.15, 0.2) is 78.9 Å². The second-order valence-electron chi connectivity index (χ2n) is 8.15. The molecule has 0 aliphatic heterocycles. The summed E-state index contributed by atoms with van der Waals surface area (Å²) in [4.78, 5) is 3.85. The van der Waals surface area contributed by atoms with Crippen molar-refractivity contribution in [2.75, 3.05) is 0 Å². The molecule has 1 aliphatic rings. The molecule has 0 amide bonds. The zero-order valence-electron chi connectivity index (χ0n) is 16.4. The fourth-order valence-corrected chi connectivity index (χ4v) is 6.43. The number of aromatic amines is 1. The summed E-state index contributed by atoms with van der Waals surface area (Å²) in [6.07, 6.45) is 4.54. The van der Waals surface area contributed by atoms with Crippen LogP contribution in [-0.2, 0) is 6.42 Å². The smallest absolute Gasteiger partial charge is 0.0649 e. The van der Waals surface area contributed by atoms with Crippen LogP contribution in [0.2, 0.25) is 0 Å². The highest BCUT2D eigenvalue weighted by atomic mass is 32.1. The van der Waals surface area contributed by atoms with E-state index in [2.05, 4.69) is 89.9 Å². The van der Waals surface area contributed by atoms with Gasteiger partial charge in [-0.15, -0.1) is 11.3 Å². The molecule has 2 heterocycles. The lowest BCUT2D eigenvalue weighted by molar-refractivity contribution is 1.01. The molecule has 0 radical (unpaired) electrons. The predicted octanol–water partition coefficient (Wildman–Crippen LogP) is 8.18. The Morgan fingerprint density at radius 1 is 0.667 bits per heavy atom. The van der Waals surface area contributed by atoms with Gasteiger partial charge in [-0.3, -0.25) is 0 Å². The van der Waals surface area contributed by atoms with Gasteiger partial charge in [0, 0.05) is 26.6 Å². The number of hydrogen-bond acceptors (Lipinski definition) is 1.